The van der Waals surface area contributed by atoms with E-state index < -0.39 is 41.7 Å². The summed E-state index contributed by atoms with van der Waals surface area (Å²) in [6, 6.07) is 3.84. The molecular formula is C21H26F3N3O3. The van der Waals surface area contributed by atoms with Crippen LogP contribution in [0.15, 0.2) is 24.3 Å². The first kappa shape index (κ1) is 22.1. The molecule has 2 unspecified atom stereocenters. The zero-order valence-electron chi connectivity index (χ0n) is 17.2. The maximum absolute atomic E-state index is 13.0. The van der Waals surface area contributed by atoms with Crippen LogP contribution in [0.2, 0.25) is 0 Å². The lowest BCUT2D eigenvalue weighted by molar-refractivity contribution is -0.137. The van der Waals surface area contributed by atoms with Crippen LogP contribution in [-0.2, 0) is 22.3 Å². The second-order valence-corrected chi connectivity index (χ2v) is 9.23. The number of nitrogens with zero attached hydrogens (tertiary/aromatic N) is 1. The standard InChI is InChI=1S/C21H26F3N3O3/c1-13-8-19(2,3)12-20(9-13)17(29)27(18(30)26-20)11-16(28)25-10-14-4-6-15(7-5-14)21(22,23)24/h4-7,13H,8-12H2,1-3H3,(H,25,28)(H,26,30). The van der Waals surface area contributed by atoms with Crippen molar-refractivity contribution in [1.29, 1.82) is 0 Å². The highest BCUT2D eigenvalue weighted by Gasteiger charge is 2.56. The Hall–Kier alpha value is -2.58. The molecule has 9 heteroatoms. The molecular weight excluding hydrogens is 399 g/mol. The predicted octanol–water partition coefficient (Wildman–Crippen LogP) is 3.46. The third-order valence-corrected chi connectivity index (χ3v) is 5.70. The third kappa shape index (κ3) is 4.60. The van der Waals surface area contributed by atoms with Gasteiger partial charge in [-0.2, -0.15) is 13.2 Å². The molecule has 2 N–H and O–H groups in total. The normalized spacial score (nSPS) is 26.1. The molecule has 0 aromatic heterocycles. The number of carbonyl (C=O) groups excluding carboxylic acids is 3. The molecule has 6 nitrogen and oxygen atoms in total. The van der Waals surface area contributed by atoms with Crippen LogP contribution in [-0.4, -0.2) is 34.8 Å². The molecule has 164 valence electrons. The van der Waals surface area contributed by atoms with Crippen molar-refractivity contribution < 1.29 is 27.6 Å². The lowest BCUT2D eigenvalue weighted by Crippen LogP contribution is -2.54. The summed E-state index contributed by atoms with van der Waals surface area (Å²) in [4.78, 5) is 38.7. The van der Waals surface area contributed by atoms with Crippen molar-refractivity contribution in [2.24, 2.45) is 11.3 Å². The fraction of sp³-hybridized carbons (Fsp3) is 0.571. The Labute approximate surface area is 173 Å². The van der Waals surface area contributed by atoms with E-state index in [0.717, 1.165) is 23.5 Å². The number of hydrogen-bond acceptors (Lipinski definition) is 3. The summed E-state index contributed by atoms with van der Waals surface area (Å²) in [5, 5.41) is 5.35. The molecule has 30 heavy (non-hydrogen) atoms. The summed E-state index contributed by atoms with van der Waals surface area (Å²) in [5.74, 6) is -0.693. The first-order valence-electron chi connectivity index (χ1n) is 9.88. The van der Waals surface area contributed by atoms with Crippen LogP contribution in [0, 0.1) is 11.3 Å². The summed E-state index contributed by atoms with van der Waals surface area (Å²) in [6.07, 6.45) is -2.43. The number of rotatable bonds is 4. The number of imide groups is 1. The van der Waals surface area contributed by atoms with Gasteiger partial charge in [-0.15, -0.1) is 0 Å². The molecule has 2 fully saturated rings. The van der Waals surface area contributed by atoms with Gasteiger partial charge < -0.3 is 10.6 Å². The summed E-state index contributed by atoms with van der Waals surface area (Å²) in [6.45, 7) is 5.73. The van der Waals surface area contributed by atoms with Crippen LogP contribution < -0.4 is 10.6 Å². The van der Waals surface area contributed by atoms with E-state index in [-0.39, 0.29) is 17.9 Å². The van der Waals surface area contributed by atoms with Crippen LogP contribution in [0.1, 0.15) is 51.2 Å². The number of nitrogens with one attached hydrogen (secondary N) is 2. The van der Waals surface area contributed by atoms with Gasteiger partial charge in [0, 0.05) is 6.54 Å². The number of urea groups is 1. The zero-order valence-corrected chi connectivity index (χ0v) is 17.2. The average molecular weight is 425 g/mol. The molecule has 1 aromatic rings. The minimum atomic E-state index is -4.42. The maximum atomic E-state index is 13.0. The number of amides is 4. The Morgan fingerprint density at radius 1 is 1.20 bits per heavy atom. The number of halogens is 3. The Morgan fingerprint density at radius 2 is 1.83 bits per heavy atom. The van der Waals surface area contributed by atoms with Gasteiger partial charge in [0.15, 0.2) is 0 Å². The topological polar surface area (TPSA) is 78.5 Å². The van der Waals surface area contributed by atoms with Gasteiger partial charge in [-0.3, -0.25) is 14.5 Å². The number of alkyl halides is 3. The highest BCUT2D eigenvalue weighted by atomic mass is 19.4. The van der Waals surface area contributed by atoms with E-state index >= 15 is 0 Å². The first-order chi connectivity index (χ1) is 13.8. The molecule has 0 bridgehead atoms. The van der Waals surface area contributed by atoms with Crippen molar-refractivity contribution in [3.05, 3.63) is 35.4 Å². The minimum absolute atomic E-state index is 0.00414. The quantitative estimate of drug-likeness (QED) is 0.726. The van der Waals surface area contributed by atoms with E-state index in [1.165, 1.54) is 12.1 Å². The molecule has 1 saturated carbocycles. The largest absolute Gasteiger partial charge is 0.416 e. The maximum Gasteiger partial charge on any atom is 0.416 e. The Morgan fingerprint density at radius 3 is 2.40 bits per heavy atom. The molecule has 1 aliphatic heterocycles. The molecule has 4 amide bonds. The van der Waals surface area contributed by atoms with Crippen LogP contribution in [0.4, 0.5) is 18.0 Å². The van der Waals surface area contributed by atoms with E-state index in [9.17, 15) is 27.6 Å². The fourth-order valence-corrected chi connectivity index (χ4v) is 4.86. The molecule has 0 radical (unpaired) electrons. The van der Waals surface area contributed by atoms with Gasteiger partial charge in [-0.1, -0.05) is 32.9 Å². The average Bonchev–Trinajstić information content (AvgIpc) is 2.81. The minimum Gasteiger partial charge on any atom is -0.350 e. The number of benzene rings is 1. The summed E-state index contributed by atoms with van der Waals surface area (Å²) < 4.78 is 37.8. The van der Waals surface area contributed by atoms with Gasteiger partial charge in [-0.25, -0.2) is 4.79 Å². The van der Waals surface area contributed by atoms with Gasteiger partial charge in [-0.05, 0) is 48.3 Å². The monoisotopic (exact) mass is 425 g/mol. The molecule has 1 aromatic carbocycles. The van der Waals surface area contributed by atoms with Crippen molar-refractivity contribution in [2.45, 2.75) is 58.3 Å². The first-order valence-corrected chi connectivity index (χ1v) is 9.88. The van der Waals surface area contributed by atoms with Crippen molar-refractivity contribution in [3.8, 4) is 0 Å². The van der Waals surface area contributed by atoms with Crippen molar-refractivity contribution >= 4 is 17.8 Å². The molecule has 1 saturated heterocycles. The summed E-state index contributed by atoms with van der Waals surface area (Å²) in [5.41, 5.74) is -1.38. The van der Waals surface area contributed by atoms with Gasteiger partial charge in [0.1, 0.15) is 12.1 Å². The van der Waals surface area contributed by atoms with Crippen LogP contribution in [0.3, 0.4) is 0 Å². The van der Waals surface area contributed by atoms with E-state index in [4.69, 9.17) is 0 Å². The van der Waals surface area contributed by atoms with Gasteiger partial charge in [0.2, 0.25) is 5.91 Å². The van der Waals surface area contributed by atoms with Gasteiger partial charge >= 0.3 is 12.2 Å². The molecule has 2 aliphatic rings. The Kier molecular flexibility index (Phi) is 5.60. The van der Waals surface area contributed by atoms with Crippen molar-refractivity contribution in [3.63, 3.8) is 0 Å². The highest BCUT2D eigenvalue weighted by Crippen LogP contribution is 2.46. The van der Waals surface area contributed by atoms with Crippen molar-refractivity contribution in [1.82, 2.24) is 15.5 Å². The van der Waals surface area contributed by atoms with Crippen molar-refractivity contribution in [2.75, 3.05) is 6.54 Å². The van der Waals surface area contributed by atoms with Gasteiger partial charge in [0.05, 0.1) is 5.56 Å². The van der Waals surface area contributed by atoms with Crippen LogP contribution in [0.5, 0.6) is 0 Å². The second-order valence-electron chi connectivity index (χ2n) is 9.23. The van der Waals surface area contributed by atoms with E-state index in [2.05, 4.69) is 24.5 Å². The smallest absolute Gasteiger partial charge is 0.350 e. The SMILES string of the molecule is CC1CC(C)(C)CC2(C1)NC(=O)N(CC(=O)NCc1ccc(C(F)(F)F)cc1)C2=O. The number of hydrogen-bond donors (Lipinski definition) is 2. The highest BCUT2D eigenvalue weighted by molar-refractivity contribution is 6.09. The molecule has 2 atom stereocenters. The van der Waals surface area contributed by atoms with Crippen LogP contribution >= 0.6 is 0 Å². The van der Waals surface area contributed by atoms with E-state index in [1.54, 1.807) is 0 Å². The second kappa shape index (κ2) is 7.59. The third-order valence-electron chi connectivity index (χ3n) is 5.70. The fourth-order valence-electron chi connectivity index (χ4n) is 4.86. The Balaban J connectivity index is 1.60. The summed E-state index contributed by atoms with van der Waals surface area (Å²) in [7, 11) is 0. The molecule has 1 spiro atoms. The van der Waals surface area contributed by atoms with E-state index in [1.807, 2.05) is 6.92 Å². The van der Waals surface area contributed by atoms with E-state index in [0.29, 0.717) is 18.4 Å². The number of carbonyl (C=O) groups is 3. The summed E-state index contributed by atoms with van der Waals surface area (Å²) >= 11 is 0. The lowest BCUT2D eigenvalue weighted by atomic mass is 9.64. The van der Waals surface area contributed by atoms with Crippen LogP contribution in [0.25, 0.3) is 0 Å². The molecule has 3 rings (SSSR count). The predicted molar refractivity (Wildman–Crippen MR) is 103 cm³/mol. The van der Waals surface area contributed by atoms with Gasteiger partial charge in [0.25, 0.3) is 5.91 Å². The zero-order chi connectivity index (χ0) is 22.3. The molecule has 1 aliphatic carbocycles. The lowest BCUT2D eigenvalue weighted by Gasteiger charge is -2.43. The Bertz CT molecular complexity index is 851. The molecule has 1 heterocycles.